The lowest BCUT2D eigenvalue weighted by atomic mass is 10.1. The Bertz CT molecular complexity index is 959. The highest BCUT2D eigenvalue weighted by molar-refractivity contribution is 8.21. The zero-order valence-corrected chi connectivity index (χ0v) is 20.4. The van der Waals surface area contributed by atoms with E-state index in [0.29, 0.717) is 30.3 Å². The van der Waals surface area contributed by atoms with Gasteiger partial charge in [0.1, 0.15) is 0 Å². The molecule has 0 radical (unpaired) electrons. The van der Waals surface area contributed by atoms with Crippen LogP contribution in [0.5, 0.6) is 0 Å². The summed E-state index contributed by atoms with van der Waals surface area (Å²) in [4.78, 5) is 17.9. The number of halogens is 3. The van der Waals surface area contributed by atoms with Crippen molar-refractivity contribution in [3.8, 4) is 0 Å². The number of aliphatic imine (C=N–C) groups is 1. The number of benzene rings is 2. The second-order valence-electron chi connectivity index (χ2n) is 6.98. The van der Waals surface area contributed by atoms with Crippen molar-refractivity contribution >= 4 is 47.2 Å². The zero-order chi connectivity index (χ0) is 24.4. The van der Waals surface area contributed by atoms with Gasteiger partial charge in [0.05, 0.1) is 21.8 Å². The fourth-order valence-corrected chi connectivity index (χ4v) is 4.42. The minimum absolute atomic E-state index is 0.161. The summed E-state index contributed by atoms with van der Waals surface area (Å²) in [6, 6.07) is 12.7. The minimum Gasteiger partial charge on any atom is -0.463 e. The van der Waals surface area contributed by atoms with Crippen molar-refractivity contribution < 1.29 is 22.7 Å². The summed E-state index contributed by atoms with van der Waals surface area (Å²) in [7, 11) is 1.93. The SMILES string of the molecule is CCN=C(SC(S)CN(C)c1ccc(/C=C/C(=O)OCC)cc1)c1ccc(C(F)(F)F)cc1. The fraction of sp³-hybridized carbons (Fsp3) is 0.333. The standard InChI is InChI=1S/C24H27F3N2O2S2/c1-4-28-23(18-9-11-19(12-10-18)24(25,26)27)33-22(32)16-29(3)20-13-6-17(7-14-20)8-15-21(30)31-5-2/h6-15,22,32H,4-5,16H2,1-3H3/b15-8+,28-23?. The Morgan fingerprint density at radius 1 is 1.15 bits per heavy atom. The van der Waals surface area contributed by atoms with E-state index in [1.54, 1.807) is 13.0 Å². The van der Waals surface area contributed by atoms with Gasteiger partial charge < -0.3 is 9.64 Å². The number of nitrogens with zero attached hydrogens (tertiary/aromatic N) is 2. The molecule has 4 nitrogen and oxygen atoms in total. The molecule has 0 N–H and O–H groups in total. The Balaban J connectivity index is 2.00. The lowest BCUT2D eigenvalue weighted by Crippen LogP contribution is -2.25. The van der Waals surface area contributed by atoms with Crippen LogP contribution in [0.1, 0.15) is 30.5 Å². The third kappa shape index (κ3) is 8.81. The molecule has 1 atom stereocenters. The van der Waals surface area contributed by atoms with Crippen molar-refractivity contribution in [3.05, 3.63) is 71.3 Å². The molecule has 1 unspecified atom stereocenters. The molecule has 0 aliphatic heterocycles. The van der Waals surface area contributed by atoms with Gasteiger partial charge in [0.15, 0.2) is 0 Å². The first-order chi connectivity index (χ1) is 15.6. The van der Waals surface area contributed by atoms with Gasteiger partial charge in [0.2, 0.25) is 0 Å². The van der Waals surface area contributed by atoms with E-state index >= 15 is 0 Å². The zero-order valence-electron chi connectivity index (χ0n) is 18.7. The number of ether oxygens (including phenoxy) is 1. The number of hydrogen-bond donors (Lipinski definition) is 1. The van der Waals surface area contributed by atoms with Crippen LogP contribution >= 0.6 is 24.4 Å². The van der Waals surface area contributed by atoms with Crippen molar-refractivity contribution in [2.24, 2.45) is 4.99 Å². The number of thiol groups is 1. The summed E-state index contributed by atoms with van der Waals surface area (Å²) in [5.74, 6) is -0.383. The summed E-state index contributed by atoms with van der Waals surface area (Å²) in [5.41, 5.74) is 1.78. The summed E-state index contributed by atoms with van der Waals surface area (Å²) < 4.78 is 43.2. The summed E-state index contributed by atoms with van der Waals surface area (Å²) >= 11 is 6.07. The largest absolute Gasteiger partial charge is 0.463 e. The van der Waals surface area contributed by atoms with Gasteiger partial charge in [-0.25, -0.2) is 4.79 Å². The van der Waals surface area contributed by atoms with E-state index in [4.69, 9.17) is 4.74 Å². The second kappa shape index (κ2) is 12.7. The molecule has 2 aromatic rings. The van der Waals surface area contributed by atoms with Crippen LogP contribution in [0.4, 0.5) is 18.9 Å². The predicted octanol–water partition coefficient (Wildman–Crippen LogP) is 6.17. The van der Waals surface area contributed by atoms with Gasteiger partial charge in [0, 0.05) is 37.5 Å². The molecule has 0 bridgehead atoms. The monoisotopic (exact) mass is 496 g/mol. The first-order valence-electron chi connectivity index (χ1n) is 10.4. The van der Waals surface area contributed by atoms with E-state index in [9.17, 15) is 18.0 Å². The molecule has 0 saturated heterocycles. The lowest BCUT2D eigenvalue weighted by Gasteiger charge is -2.23. The minimum atomic E-state index is -4.37. The number of alkyl halides is 3. The topological polar surface area (TPSA) is 41.9 Å². The average Bonchev–Trinajstić information content (AvgIpc) is 2.77. The van der Waals surface area contributed by atoms with Gasteiger partial charge in [-0.15, -0.1) is 0 Å². The second-order valence-corrected chi connectivity index (χ2v) is 9.15. The Labute approximate surface area is 202 Å². The van der Waals surface area contributed by atoms with Crippen molar-refractivity contribution in [3.63, 3.8) is 0 Å². The molecule has 33 heavy (non-hydrogen) atoms. The molecule has 0 saturated carbocycles. The first-order valence-corrected chi connectivity index (χ1v) is 11.8. The number of anilines is 1. The van der Waals surface area contributed by atoms with Crippen LogP contribution < -0.4 is 4.90 Å². The maximum absolute atomic E-state index is 12.8. The Kier molecular flexibility index (Phi) is 10.4. The number of carbonyl (C=O) groups excluding carboxylic acids is 1. The van der Waals surface area contributed by atoms with E-state index in [-0.39, 0.29) is 10.6 Å². The van der Waals surface area contributed by atoms with Crippen molar-refractivity contribution in [2.45, 2.75) is 24.6 Å². The highest BCUT2D eigenvalue weighted by atomic mass is 32.2. The van der Waals surface area contributed by atoms with Gasteiger partial charge >= 0.3 is 12.1 Å². The number of rotatable bonds is 9. The molecule has 0 spiro atoms. The molecule has 9 heteroatoms. The molecule has 0 aliphatic rings. The number of thioether (sulfide) groups is 1. The number of esters is 1. The van der Waals surface area contributed by atoms with Crippen LogP contribution in [0.15, 0.2) is 59.6 Å². The molecule has 2 rings (SSSR count). The van der Waals surface area contributed by atoms with Gasteiger partial charge in [-0.2, -0.15) is 25.8 Å². The smallest absolute Gasteiger partial charge is 0.416 e. The number of carbonyl (C=O) groups is 1. The van der Waals surface area contributed by atoms with Crippen LogP contribution in [0.25, 0.3) is 6.08 Å². The van der Waals surface area contributed by atoms with Crippen LogP contribution in [0.2, 0.25) is 0 Å². The molecule has 178 valence electrons. The fourth-order valence-electron chi connectivity index (χ4n) is 2.84. The van der Waals surface area contributed by atoms with E-state index in [1.807, 2.05) is 43.1 Å². The Hall–Kier alpha value is -2.39. The van der Waals surface area contributed by atoms with Crippen LogP contribution in [-0.2, 0) is 15.7 Å². The highest BCUT2D eigenvalue weighted by Crippen LogP contribution is 2.30. The van der Waals surface area contributed by atoms with Gasteiger partial charge in [-0.1, -0.05) is 36.0 Å². The molecule has 0 aliphatic carbocycles. The quantitative estimate of drug-likeness (QED) is 0.113. The van der Waals surface area contributed by atoms with E-state index in [0.717, 1.165) is 23.4 Å². The summed E-state index contributed by atoms with van der Waals surface area (Å²) in [5, 5.41) is 0.652. The third-order valence-electron chi connectivity index (χ3n) is 4.47. The molecular weight excluding hydrogens is 469 g/mol. The van der Waals surface area contributed by atoms with Crippen LogP contribution in [-0.4, -0.2) is 42.3 Å². The van der Waals surface area contributed by atoms with Crippen LogP contribution in [0, 0.1) is 0 Å². The first kappa shape index (κ1) is 26.9. The van der Waals surface area contributed by atoms with Crippen molar-refractivity contribution in [1.82, 2.24) is 0 Å². The van der Waals surface area contributed by atoms with Gasteiger partial charge in [0.25, 0.3) is 0 Å². The lowest BCUT2D eigenvalue weighted by molar-refractivity contribution is -0.138. The maximum atomic E-state index is 12.8. The van der Waals surface area contributed by atoms with Gasteiger partial charge in [-0.05, 0) is 49.8 Å². The van der Waals surface area contributed by atoms with E-state index in [1.165, 1.54) is 30.0 Å². The molecule has 0 amide bonds. The van der Waals surface area contributed by atoms with E-state index < -0.39 is 11.7 Å². The molecule has 0 fully saturated rings. The van der Waals surface area contributed by atoms with E-state index in [2.05, 4.69) is 17.6 Å². The molecule has 0 heterocycles. The average molecular weight is 497 g/mol. The molecular formula is C24H27F3N2O2S2. The Morgan fingerprint density at radius 2 is 1.79 bits per heavy atom. The van der Waals surface area contributed by atoms with Crippen molar-refractivity contribution in [1.29, 1.82) is 0 Å². The molecule has 2 aromatic carbocycles. The van der Waals surface area contributed by atoms with Crippen molar-refractivity contribution in [2.75, 3.05) is 31.6 Å². The third-order valence-corrected chi connectivity index (χ3v) is 5.96. The summed E-state index contributed by atoms with van der Waals surface area (Å²) in [6.45, 7) is 5.06. The normalized spacial score (nSPS) is 13.2. The number of hydrogen-bond acceptors (Lipinski definition) is 6. The highest BCUT2D eigenvalue weighted by Gasteiger charge is 2.30. The molecule has 0 aromatic heterocycles. The predicted molar refractivity (Wildman–Crippen MR) is 134 cm³/mol. The Morgan fingerprint density at radius 3 is 2.33 bits per heavy atom. The van der Waals surface area contributed by atoms with Crippen LogP contribution in [0.3, 0.4) is 0 Å². The van der Waals surface area contributed by atoms with Gasteiger partial charge in [-0.3, -0.25) is 4.99 Å². The maximum Gasteiger partial charge on any atom is 0.416 e. The summed E-state index contributed by atoms with van der Waals surface area (Å²) in [6.07, 6.45) is -1.29.